The van der Waals surface area contributed by atoms with Crippen LogP contribution in [0.2, 0.25) is 0 Å². The summed E-state index contributed by atoms with van der Waals surface area (Å²) in [6.07, 6.45) is 0.454. The molecule has 0 atom stereocenters. The predicted octanol–water partition coefficient (Wildman–Crippen LogP) is 4.57. The molecule has 0 radical (unpaired) electrons. The fraction of sp³-hybridized carbons (Fsp3) is 0.105. The van der Waals surface area contributed by atoms with Crippen molar-refractivity contribution >= 4 is 16.6 Å². The van der Waals surface area contributed by atoms with Crippen molar-refractivity contribution in [2.24, 2.45) is 0 Å². The van der Waals surface area contributed by atoms with Crippen LogP contribution in [0.3, 0.4) is 0 Å². The van der Waals surface area contributed by atoms with E-state index in [4.69, 9.17) is 0 Å². The molecule has 98 valence electrons. The van der Waals surface area contributed by atoms with Crippen molar-refractivity contribution in [1.82, 2.24) is 0 Å². The van der Waals surface area contributed by atoms with Crippen molar-refractivity contribution in [2.45, 2.75) is 13.3 Å². The Labute approximate surface area is 118 Å². The number of hydrogen-bond acceptors (Lipinski definition) is 1. The van der Waals surface area contributed by atoms with Crippen LogP contribution in [-0.4, -0.2) is 5.78 Å². The van der Waals surface area contributed by atoms with Gasteiger partial charge in [0.1, 0.15) is 0 Å². The molecule has 0 heterocycles. The SMILES string of the molecule is Cc1ccccc1C(=O)Cc1ccc2ccccc2c1. The molecule has 3 rings (SSSR count). The van der Waals surface area contributed by atoms with Crippen LogP contribution >= 0.6 is 0 Å². The minimum Gasteiger partial charge on any atom is -0.294 e. The van der Waals surface area contributed by atoms with E-state index >= 15 is 0 Å². The number of ketones is 1. The van der Waals surface area contributed by atoms with Crippen LogP contribution in [0.1, 0.15) is 21.5 Å². The largest absolute Gasteiger partial charge is 0.294 e. The minimum atomic E-state index is 0.179. The van der Waals surface area contributed by atoms with Crippen LogP contribution in [0.5, 0.6) is 0 Å². The topological polar surface area (TPSA) is 17.1 Å². The van der Waals surface area contributed by atoms with Gasteiger partial charge in [-0.2, -0.15) is 0 Å². The summed E-state index contributed by atoms with van der Waals surface area (Å²) in [5.74, 6) is 0.179. The maximum absolute atomic E-state index is 12.4. The van der Waals surface area contributed by atoms with Crippen molar-refractivity contribution in [1.29, 1.82) is 0 Å². The molecule has 0 spiro atoms. The van der Waals surface area contributed by atoms with Gasteiger partial charge in [0.05, 0.1) is 0 Å². The fourth-order valence-corrected chi connectivity index (χ4v) is 2.52. The molecule has 0 aliphatic carbocycles. The van der Waals surface area contributed by atoms with E-state index in [9.17, 15) is 4.79 Å². The summed E-state index contributed by atoms with van der Waals surface area (Å²) in [4.78, 5) is 12.4. The van der Waals surface area contributed by atoms with E-state index in [1.54, 1.807) is 0 Å². The first-order valence-corrected chi connectivity index (χ1v) is 6.80. The van der Waals surface area contributed by atoms with E-state index in [0.717, 1.165) is 16.7 Å². The average molecular weight is 260 g/mol. The molecule has 3 aromatic rings. The van der Waals surface area contributed by atoms with Crippen LogP contribution < -0.4 is 0 Å². The third-order valence-corrected chi connectivity index (χ3v) is 3.62. The molecule has 0 aromatic heterocycles. The first kappa shape index (κ1) is 12.6. The molecule has 0 saturated carbocycles. The number of benzene rings is 3. The molecule has 1 heteroatoms. The summed E-state index contributed by atoms with van der Waals surface area (Å²) in [5.41, 5.74) is 2.93. The van der Waals surface area contributed by atoms with Gasteiger partial charge in [0.25, 0.3) is 0 Å². The second-order valence-electron chi connectivity index (χ2n) is 5.10. The maximum Gasteiger partial charge on any atom is 0.167 e. The lowest BCUT2D eigenvalue weighted by Gasteiger charge is -2.06. The summed E-state index contributed by atoms with van der Waals surface area (Å²) in [6.45, 7) is 1.98. The summed E-state index contributed by atoms with van der Waals surface area (Å²) in [5, 5.41) is 2.39. The van der Waals surface area contributed by atoms with Gasteiger partial charge in [0.2, 0.25) is 0 Å². The zero-order chi connectivity index (χ0) is 13.9. The molecule has 0 aliphatic rings. The van der Waals surface area contributed by atoms with E-state index < -0.39 is 0 Å². The summed E-state index contributed by atoms with van der Waals surface area (Å²) < 4.78 is 0. The standard InChI is InChI=1S/C19H16O/c1-14-6-2-5-9-18(14)19(20)13-15-10-11-16-7-3-4-8-17(16)12-15/h2-12H,13H2,1H3. The molecule has 1 nitrogen and oxygen atoms in total. The van der Waals surface area contributed by atoms with Crippen LogP contribution in [0.25, 0.3) is 10.8 Å². The van der Waals surface area contributed by atoms with Gasteiger partial charge >= 0.3 is 0 Å². The number of carbonyl (C=O) groups excluding carboxylic acids is 1. The van der Waals surface area contributed by atoms with Crippen LogP contribution in [-0.2, 0) is 6.42 Å². The van der Waals surface area contributed by atoms with Gasteiger partial charge < -0.3 is 0 Å². The van der Waals surface area contributed by atoms with Crippen LogP contribution in [0.4, 0.5) is 0 Å². The molecule has 3 aromatic carbocycles. The zero-order valence-electron chi connectivity index (χ0n) is 11.5. The van der Waals surface area contributed by atoms with E-state index in [-0.39, 0.29) is 5.78 Å². The van der Waals surface area contributed by atoms with Crippen LogP contribution in [0, 0.1) is 6.92 Å². The van der Waals surface area contributed by atoms with Crippen LogP contribution in [0.15, 0.2) is 66.7 Å². The second kappa shape index (κ2) is 5.30. The first-order chi connectivity index (χ1) is 9.74. The van der Waals surface area contributed by atoms with E-state index in [0.29, 0.717) is 6.42 Å². The van der Waals surface area contributed by atoms with E-state index in [1.807, 2.05) is 49.4 Å². The monoisotopic (exact) mass is 260 g/mol. The van der Waals surface area contributed by atoms with Crippen molar-refractivity contribution < 1.29 is 4.79 Å². The molecule has 0 fully saturated rings. The van der Waals surface area contributed by atoms with E-state index in [1.165, 1.54) is 10.8 Å². The third kappa shape index (κ3) is 2.48. The van der Waals surface area contributed by atoms with E-state index in [2.05, 4.69) is 24.3 Å². The molecule has 0 aliphatic heterocycles. The zero-order valence-corrected chi connectivity index (χ0v) is 11.5. The number of carbonyl (C=O) groups is 1. The highest BCUT2D eigenvalue weighted by atomic mass is 16.1. The fourth-order valence-electron chi connectivity index (χ4n) is 2.52. The van der Waals surface area contributed by atoms with Gasteiger partial charge in [-0.25, -0.2) is 0 Å². The third-order valence-electron chi connectivity index (χ3n) is 3.62. The van der Waals surface area contributed by atoms with Gasteiger partial charge in [0.15, 0.2) is 5.78 Å². The van der Waals surface area contributed by atoms with Gasteiger partial charge in [-0.05, 0) is 28.8 Å². The number of fused-ring (bicyclic) bond motifs is 1. The Bertz CT molecular complexity index is 771. The lowest BCUT2D eigenvalue weighted by atomic mass is 9.98. The van der Waals surface area contributed by atoms with Crippen molar-refractivity contribution in [3.8, 4) is 0 Å². The van der Waals surface area contributed by atoms with Gasteiger partial charge in [-0.3, -0.25) is 4.79 Å². The molecule has 0 unspecified atom stereocenters. The Balaban J connectivity index is 1.89. The number of hydrogen-bond donors (Lipinski definition) is 0. The van der Waals surface area contributed by atoms with Gasteiger partial charge in [-0.1, -0.05) is 66.7 Å². The maximum atomic E-state index is 12.4. The van der Waals surface area contributed by atoms with Crippen molar-refractivity contribution in [3.05, 3.63) is 83.4 Å². The summed E-state index contributed by atoms with van der Waals surface area (Å²) >= 11 is 0. The highest BCUT2D eigenvalue weighted by molar-refractivity contribution is 5.99. The molecular weight excluding hydrogens is 244 g/mol. The molecular formula is C19H16O. The average Bonchev–Trinajstić information content (AvgIpc) is 2.47. The normalized spacial score (nSPS) is 10.7. The Morgan fingerprint density at radius 1 is 0.850 bits per heavy atom. The smallest absolute Gasteiger partial charge is 0.167 e. The van der Waals surface area contributed by atoms with Gasteiger partial charge in [-0.15, -0.1) is 0 Å². The van der Waals surface area contributed by atoms with Crippen molar-refractivity contribution in [2.75, 3.05) is 0 Å². The Hall–Kier alpha value is -2.41. The minimum absolute atomic E-state index is 0.179. The number of rotatable bonds is 3. The Morgan fingerprint density at radius 2 is 1.55 bits per heavy atom. The lowest BCUT2D eigenvalue weighted by molar-refractivity contribution is 0.0992. The second-order valence-corrected chi connectivity index (χ2v) is 5.10. The Morgan fingerprint density at radius 3 is 2.35 bits per heavy atom. The molecule has 20 heavy (non-hydrogen) atoms. The summed E-state index contributed by atoms with van der Waals surface area (Å²) in [7, 11) is 0. The van der Waals surface area contributed by atoms with Gasteiger partial charge in [0, 0.05) is 12.0 Å². The molecule has 0 bridgehead atoms. The highest BCUT2D eigenvalue weighted by Crippen LogP contribution is 2.18. The summed E-state index contributed by atoms with van der Waals surface area (Å²) in [6, 6.07) is 22.2. The number of Topliss-reactive ketones (excluding diaryl/α,β-unsaturated/α-hetero) is 1. The molecule has 0 N–H and O–H groups in total. The quantitative estimate of drug-likeness (QED) is 0.630. The van der Waals surface area contributed by atoms with Crippen molar-refractivity contribution in [3.63, 3.8) is 0 Å². The highest BCUT2D eigenvalue weighted by Gasteiger charge is 2.09. The lowest BCUT2D eigenvalue weighted by Crippen LogP contribution is -2.05. The Kier molecular flexibility index (Phi) is 3.34. The molecule has 0 saturated heterocycles. The number of aryl methyl sites for hydroxylation is 1. The molecule has 0 amide bonds. The predicted molar refractivity (Wildman–Crippen MR) is 83.2 cm³/mol. The first-order valence-electron chi connectivity index (χ1n) is 6.80.